The number of halogens is 2. The Balaban J connectivity index is 2.76. The normalized spacial score (nSPS) is 12.5. The predicted octanol–water partition coefficient (Wildman–Crippen LogP) is 2.96. The van der Waals surface area contributed by atoms with Crippen LogP contribution in [-0.2, 0) is 10.0 Å². The lowest BCUT2D eigenvalue weighted by Crippen LogP contribution is -2.21. The number of hydrogen-bond donors (Lipinski definition) is 1. The SMILES string of the molecule is CC(C)(C)CCS(=O)(=O)Nc1cc(Cl)nc(Cl)n1. The van der Waals surface area contributed by atoms with Gasteiger partial charge in [0.25, 0.3) is 0 Å². The lowest BCUT2D eigenvalue weighted by Gasteiger charge is -2.17. The van der Waals surface area contributed by atoms with Crippen LogP contribution in [0.1, 0.15) is 27.2 Å². The van der Waals surface area contributed by atoms with Gasteiger partial charge in [-0.15, -0.1) is 0 Å². The van der Waals surface area contributed by atoms with E-state index in [2.05, 4.69) is 14.7 Å². The predicted molar refractivity (Wildman–Crippen MR) is 73.5 cm³/mol. The van der Waals surface area contributed by atoms with Gasteiger partial charge in [-0.3, -0.25) is 4.72 Å². The molecule has 0 radical (unpaired) electrons. The topological polar surface area (TPSA) is 72.0 Å². The Hall–Kier alpha value is -0.590. The third-order valence-electron chi connectivity index (χ3n) is 2.05. The number of anilines is 1. The van der Waals surface area contributed by atoms with Gasteiger partial charge in [0.2, 0.25) is 15.3 Å². The molecule has 18 heavy (non-hydrogen) atoms. The molecule has 0 unspecified atom stereocenters. The number of aromatic nitrogens is 2. The van der Waals surface area contributed by atoms with Crippen molar-refractivity contribution in [3.05, 3.63) is 16.5 Å². The molecule has 0 bridgehead atoms. The minimum absolute atomic E-state index is 0.00966. The highest BCUT2D eigenvalue weighted by Crippen LogP contribution is 2.20. The average molecular weight is 312 g/mol. The Morgan fingerprint density at radius 3 is 2.39 bits per heavy atom. The van der Waals surface area contributed by atoms with E-state index in [1.807, 2.05) is 20.8 Å². The van der Waals surface area contributed by atoms with E-state index in [1.54, 1.807) is 0 Å². The van der Waals surface area contributed by atoms with Gasteiger partial charge in [0.1, 0.15) is 11.0 Å². The molecule has 1 rings (SSSR count). The number of sulfonamides is 1. The Kier molecular flexibility index (Phi) is 4.80. The molecule has 0 saturated carbocycles. The highest BCUT2D eigenvalue weighted by atomic mass is 35.5. The summed E-state index contributed by atoms with van der Waals surface area (Å²) in [4.78, 5) is 7.38. The van der Waals surface area contributed by atoms with Crippen LogP contribution in [0.5, 0.6) is 0 Å². The molecule has 0 amide bonds. The molecule has 0 aliphatic rings. The summed E-state index contributed by atoms with van der Waals surface area (Å²) in [5.41, 5.74) is -0.0598. The minimum Gasteiger partial charge on any atom is -0.267 e. The van der Waals surface area contributed by atoms with Gasteiger partial charge >= 0.3 is 0 Å². The minimum atomic E-state index is -3.46. The molecule has 1 N–H and O–H groups in total. The number of nitrogens with one attached hydrogen (secondary N) is 1. The Bertz CT molecular complexity index is 506. The van der Waals surface area contributed by atoms with Gasteiger partial charge in [-0.2, -0.15) is 4.98 Å². The molecule has 0 aliphatic carbocycles. The highest BCUT2D eigenvalue weighted by molar-refractivity contribution is 7.92. The Morgan fingerprint density at radius 1 is 1.28 bits per heavy atom. The zero-order valence-electron chi connectivity index (χ0n) is 10.4. The van der Waals surface area contributed by atoms with Gasteiger partial charge in [-0.1, -0.05) is 32.4 Å². The first-order valence-corrected chi connectivity index (χ1v) is 7.69. The lowest BCUT2D eigenvalue weighted by molar-refractivity contribution is 0.397. The van der Waals surface area contributed by atoms with Gasteiger partial charge in [0.05, 0.1) is 5.75 Å². The fraction of sp³-hybridized carbons (Fsp3) is 0.600. The quantitative estimate of drug-likeness (QED) is 0.685. The van der Waals surface area contributed by atoms with Crippen LogP contribution < -0.4 is 4.72 Å². The molecular weight excluding hydrogens is 297 g/mol. The first kappa shape index (κ1) is 15.5. The van der Waals surface area contributed by atoms with Crippen molar-refractivity contribution in [1.29, 1.82) is 0 Å². The van der Waals surface area contributed by atoms with Crippen molar-refractivity contribution in [2.75, 3.05) is 10.5 Å². The molecule has 5 nitrogen and oxygen atoms in total. The first-order valence-electron chi connectivity index (χ1n) is 5.28. The Morgan fingerprint density at radius 2 is 1.89 bits per heavy atom. The van der Waals surface area contributed by atoms with E-state index in [9.17, 15) is 8.42 Å². The highest BCUT2D eigenvalue weighted by Gasteiger charge is 2.18. The van der Waals surface area contributed by atoms with Crippen LogP contribution in [0.15, 0.2) is 6.07 Å². The van der Waals surface area contributed by atoms with E-state index in [0.717, 1.165) is 0 Å². The van der Waals surface area contributed by atoms with E-state index >= 15 is 0 Å². The molecule has 1 aromatic rings. The monoisotopic (exact) mass is 311 g/mol. The number of nitrogens with zero attached hydrogens (tertiary/aromatic N) is 2. The molecule has 1 aromatic heterocycles. The summed E-state index contributed by atoms with van der Waals surface area (Å²) >= 11 is 11.2. The van der Waals surface area contributed by atoms with Crippen molar-refractivity contribution in [2.45, 2.75) is 27.2 Å². The van der Waals surface area contributed by atoms with Crippen LogP contribution in [0.4, 0.5) is 5.82 Å². The van der Waals surface area contributed by atoms with Crippen molar-refractivity contribution < 1.29 is 8.42 Å². The molecule has 0 saturated heterocycles. The van der Waals surface area contributed by atoms with E-state index in [4.69, 9.17) is 23.2 Å². The maximum Gasteiger partial charge on any atom is 0.233 e. The summed E-state index contributed by atoms with van der Waals surface area (Å²) in [5, 5.41) is -0.0143. The molecule has 8 heteroatoms. The van der Waals surface area contributed by atoms with Crippen LogP contribution in [0, 0.1) is 5.41 Å². The smallest absolute Gasteiger partial charge is 0.233 e. The molecule has 0 aromatic carbocycles. The van der Waals surface area contributed by atoms with Crippen LogP contribution in [0.2, 0.25) is 10.4 Å². The second-order valence-corrected chi connectivity index (χ2v) is 7.64. The standard InChI is InChI=1S/C10H15Cl2N3O2S/c1-10(2,3)4-5-18(16,17)15-8-6-7(11)13-9(12)14-8/h6H,4-5H2,1-3H3,(H,13,14,15). The number of hydrogen-bond acceptors (Lipinski definition) is 4. The van der Waals surface area contributed by atoms with Gasteiger partial charge < -0.3 is 0 Å². The summed E-state index contributed by atoms with van der Waals surface area (Å²) in [7, 11) is -3.46. The first-order chi connectivity index (χ1) is 8.07. The summed E-state index contributed by atoms with van der Waals surface area (Å²) in [6.45, 7) is 5.92. The van der Waals surface area contributed by atoms with E-state index < -0.39 is 10.0 Å². The van der Waals surface area contributed by atoms with Crippen LogP contribution >= 0.6 is 23.2 Å². The molecule has 0 aliphatic heterocycles. The summed E-state index contributed by atoms with van der Waals surface area (Å²) in [6.07, 6.45) is 0.537. The van der Waals surface area contributed by atoms with Crippen molar-refractivity contribution in [1.82, 2.24) is 9.97 Å². The third-order valence-corrected chi connectivity index (χ3v) is 3.67. The lowest BCUT2D eigenvalue weighted by atomic mass is 9.94. The molecule has 1 heterocycles. The Labute approximate surface area is 117 Å². The fourth-order valence-electron chi connectivity index (χ4n) is 1.09. The maximum atomic E-state index is 11.8. The summed E-state index contributed by atoms with van der Waals surface area (Å²) in [5.74, 6) is 0.0874. The van der Waals surface area contributed by atoms with E-state index in [0.29, 0.717) is 6.42 Å². The average Bonchev–Trinajstić information content (AvgIpc) is 2.11. The van der Waals surface area contributed by atoms with Gasteiger partial charge in [0.15, 0.2) is 0 Å². The van der Waals surface area contributed by atoms with Crippen molar-refractivity contribution in [2.24, 2.45) is 5.41 Å². The summed E-state index contributed by atoms with van der Waals surface area (Å²) in [6, 6.07) is 1.31. The second kappa shape index (κ2) is 5.59. The maximum absolute atomic E-state index is 11.8. The molecule has 102 valence electrons. The van der Waals surface area contributed by atoms with Crippen LogP contribution in [0.3, 0.4) is 0 Å². The van der Waals surface area contributed by atoms with Crippen LogP contribution in [-0.4, -0.2) is 24.1 Å². The van der Waals surface area contributed by atoms with E-state index in [-0.39, 0.29) is 27.4 Å². The molecule has 0 spiro atoms. The van der Waals surface area contributed by atoms with Crippen LogP contribution in [0.25, 0.3) is 0 Å². The largest absolute Gasteiger partial charge is 0.267 e. The zero-order chi connectivity index (χ0) is 14.0. The van der Waals surface area contributed by atoms with Crippen molar-refractivity contribution in [3.8, 4) is 0 Å². The third kappa shape index (κ3) is 5.84. The second-order valence-electron chi connectivity index (χ2n) is 5.08. The molecule has 0 atom stereocenters. The van der Waals surface area contributed by atoms with Crippen molar-refractivity contribution in [3.63, 3.8) is 0 Å². The van der Waals surface area contributed by atoms with Gasteiger partial charge in [0, 0.05) is 6.07 Å². The van der Waals surface area contributed by atoms with E-state index in [1.165, 1.54) is 6.07 Å². The van der Waals surface area contributed by atoms with Gasteiger partial charge in [-0.25, -0.2) is 13.4 Å². The van der Waals surface area contributed by atoms with Crippen molar-refractivity contribution >= 4 is 39.0 Å². The fourth-order valence-corrected chi connectivity index (χ4v) is 2.91. The molecule has 0 fully saturated rings. The molecular formula is C10H15Cl2N3O2S. The summed E-state index contributed by atoms with van der Waals surface area (Å²) < 4.78 is 25.9. The zero-order valence-corrected chi connectivity index (χ0v) is 12.7. The van der Waals surface area contributed by atoms with Gasteiger partial charge in [-0.05, 0) is 23.4 Å². The number of rotatable bonds is 4.